The van der Waals surface area contributed by atoms with Gasteiger partial charge in [-0.25, -0.2) is 4.99 Å². The van der Waals surface area contributed by atoms with Gasteiger partial charge in [0.25, 0.3) is 0 Å². The lowest BCUT2D eigenvalue weighted by molar-refractivity contribution is -0.127. The van der Waals surface area contributed by atoms with Crippen molar-refractivity contribution < 1.29 is 9.53 Å². The minimum absolute atomic E-state index is 0.00285. The Morgan fingerprint density at radius 3 is 2.40 bits per heavy atom. The molecule has 25 heavy (non-hydrogen) atoms. The third-order valence-corrected chi connectivity index (χ3v) is 4.97. The summed E-state index contributed by atoms with van der Waals surface area (Å²) in [6.07, 6.45) is 2.08. The molecule has 0 aliphatic rings. The number of guanidine groups is 1. The lowest BCUT2D eigenvalue weighted by Gasteiger charge is -2.24. The van der Waals surface area contributed by atoms with E-state index in [1.807, 2.05) is 24.3 Å². The summed E-state index contributed by atoms with van der Waals surface area (Å²) < 4.78 is 5.24. The third-order valence-electron chi connectivity index (χ3n) is 3.72. The van der Waals surface area contributed by atoms with E-state index in [1.165, 1.54) is 0 Å². The molecule has 1 rings (SSSR count). The highest BCUT2D eigenvalue weighted by molar-refractivity contribution is 7.99. The topological polar surface area (TPSA) is 66.0 Å². The van der Waals surface area contributed by atoms with E-state index in [0.717, 1.165) is 17.9 Å². The van der Waals surface area contributed by atoms with E-state index in [4.69, 9.17) is 4.74 Å². The van der Waals surface area contributed by atoms with Crippen LogP contribution in [0.5, 0.6) is 5.75 Å². The Kier molecular flexibility index (Phi) is 8.61. The summed E-state index contributed by atoms with van der Waals surface area (Å²) in [6, 6.07) is 7.79. The van der Waals surface area contributed by atoms with Gasteiger partial charge in [0.1, 0.15) is 5.75 Å². The molecule has 1 amide bonds. The van der Waals surface area contributed by atoms with E-state index in [9.17, 15) is 4.79 Å². The molecule has 0 unspecified atom stereocenters. The van der Waals surface area contributed by atoms with Crippen LogP contribution in [-0.4, -0.2) is 62.1 Å². The van der Waals surface area contributed by atoms with Crippen molar-refractivity contribution in [2.24, 2.45) is 4.99 Å². The minimum atomic E-state index is 0.00285. The maximum atomic E-state index is 11.8. The van der Waals surface area contributed by atoms with Gasteiger partial charge in [0.05, 0.1) is 20.2 Å². The predicted octanol–water partition coefficient (Wildman–Crippen LogP) is 1.96. The first-order valence-electron chi connectivity index (χ1n) is 8.18. The molecule has 7 heteroatoms. The molecule has 0 aliphatic heterocycles. The third kappa shape index (κ3) is 8.16. The van der Waals surface area contributed by atoms with E-state index >= 15 is 0 Å². The first-order chi connectivity index (χ1) is 11.8. The van der Waals surface area contributed by atoms with Crippen molar-refractivity contribution in [3.63, 3.8) is 0 Å². The van der Waals surface area contributed by atoms with Crippen molar-refractivity contribution in [1.29, 1.82) is 0 Å². The number of thioether (sulfide) groups is 1. The monoisotopic (exact) mass is 366 g/mol. The minimum Gasteiger partial charge on any atom is -0.497 e. The Labute approximate surface area is 155 Å². The largest absolute Gasteiger partial charge is 0.497 e. The van der Waals surface area contributed by atoms with E-state index in [-0.39, 0.29) is 17.2 Å². The van der Waals surface area contributed by atoms with E-state index in [1.54, 1.807) is 37.9 Å². The van der Waals surface area contributed by atoms with E-state index in [0.29, 0.717) is 12.5 Å². The summed E-state index contributed by atoms with van der Waals surface area (Å²) in [5.41, 5.74) is 1.07. The average Bonchev–Trinajstić information content (AvgIpc) is 2.61. The van der Waals surface area contributed by atoms with Gasteiger partial charge in [-0.05, 0) is 37.8 Å². The van der Waals surface area contributed by atoms with E-state index < -0.39 is 0 Å². The summed E-state index contributed by atoms with van der Waals surface area (Å²) in [5.74, 6) is 1.46. The molecule has 0 fully saturated rings. The van der Waals surface area contributed by atoms with Crippen LogP contribution in [0.1, 0.15) is 19.4 Å². The molecule has 1 aromatic rings. The lowest BCUT2D eigenvalue weighted by Crippen LogP contribution is -2.46. The molecule has 6 nitrogen and oxygen atoms in total. The molecular weight excluding hydrogens is 336 g/mol. The maximum Gasteiger partial charge on any atom is 0.241 e. The zero-order valence-corrected chi connectivity index (χ0v) is 16.9. The van der Waals surface area contributed by atoms with Gasteiger partial charge in [0, 0.05) is 25.4 Å². The molecule has 0 aromatic heterocycles. The van der Waals surface area contributed by atoms with Gasteiger partial charge in [-0.1, -0.05) is 12.1 Å². The Morgan fingerprint density at radius 2 is 1.88 bits per heavy atom. The van der Waals surface area contributed by atoms with Crippen LogP contribution in [0.3, 0.4) is 0 Å². The molecular formula is C18H30N4O2S. The highest BCUT2D eigenvalue weighted by Crippen LogP contribution is 2.19. The second-order valence-electron chi connectivity index (χ2n) is 6.47. The van der Waals surface area contributed by atoms with Crippen LogP contribution >= 0.6 is 11.8 Å². The number of nitrogens with zero attached hydrogens (tertiary/aromatic N) is 2. The highest BCUT2D eigenvalue weighted by atomic mass is 32.2. The normalized spacial score (nSPS) is 11.8. The zero-order valence-electron chi connectivity index (χ0n) is 16.0. The fourth-order valence-corrected chi connectivity index (χ4v) is 1.98. The molecule has 0 heterocycles. The van der Waals surface area contributed by atoms with Crippen LogP contribution in [0.2, 0.25) is 0 Å². The average molecular weight is 367 g/mol. The number of carbonyl (C=O) groups excluding carboxylic acids is 1. The molecule has 0 saturated carbocycles. The number of nitrogens with one attached hydrogen (secondary N) is 2. The van der Waals surface area contributed by atoms with Crippen molar-refractivity contribution in [2.75, 3.05) is 40.6 Å². The number of hydrogen-bond acceptors (Lipinski definition) is 4. The van der Waals surface area contributed by atoms with Crippen molar-refractivity contribution in [3.05, 3.63) is 29.8 Å². The second-order valence-corrected chi connectivity index (χ2v) is 7.99. The van der Waals surface area contributed by atoms with Crippen LogP contribution in [0, 0.1) is 0 Å². The van der Waals surface area contributed by atoms with Crippen LogP contribution in [-0.2, 0) is 11.3 Å². The number of likely N-dealkylation sites (N-methyl/N-ethyl adjacent to an activating group) is 1. The standard InChI is InChI=1S/C18H30N4O2S/c1-18(2,25-6)13-21-17(20-12-16(23)22(3)4)19-11-14-7-9-15(24-5)10-8-14/h7-10H,11-13H2,1-6H3,(H2,19,20,21). The smallest absolute Gasteiger partial charge is 0.241 e. The van der Waals surface area contributed by atoms with Crippen LogP contribution in [0.25, 0.3) is 0 Å². The summed E-state index contributed by atoms with van der Waals surface area (Å²) in [7, 11) is 5.12. The fourth-order valence-electron chi connectivity index (χ4n) is 1.76. The molecule has 0 atom stereocenters. The van der Waals surface area contributed by atoms with Crippen molar-refractivity contribution >= 4 is 23.6 Å². The van der Waals surface area contributed by atoms with Crippen LogP contribution < -0.4 is 15.4 Å². The first kappa shape index (κ1) is 21.2. The SMILES string of the molecule is COc1ccc(CN=C(NCC(=O)N(C)C)NCC(C)(C)SC)cc1. The van der Waals surface area contributed by atoms with Crippen LogP contribution in [0.15, 0.2) is 29.3 Å². The number of rotatable bonds is 8. The Balaban J connectivity index is 2.74. The Hall–Kier alpha value is -1.89. The van der Waals surface area contributed by atoms with Gasteiger partial charge in [0.2, 0.25) is 5.91 Å². The molecule has 140 valence electrons. The molecule has 0 aliphatic carbocycles. The molecule has 0 spiro atoms. The number of hydrogen-bond donors (Lipinski definition) is 2. The van der Waals surface area contributed by atoms with E-state index in [2.05, 4.69) is 35.7 Å². The quantitative estimate of drug-likeness (QED) is 0.544. The first-order valence-corrected chi connectivity index (χ1v) is 9.40. The molecule has 1 aromatic carbocycles. The molecule has 0 bridgehead atoms. The number of ether oxygens (including phenoxy) is 1. The van der Waals surface area contributed by atoms with Gasteiger partial charge in [0.15, 0.2) is 5.96 Å². The zero-order chi connectivity index (χ0) is 18.9. The summed E-state index contributed by atoms with van der Waals surface area (Å²) in [5, 5.41) is 6.42. The van der Waals surface area contributed by atoms with Crippen LogP contribution in [0.4, 0.5) is 0 Å². The number of amides is 1. The van der Waals surface area contributed by atoms with Gasteiger partial charge in [-0.15, -0.1) is 0 Å². The van der Waals surface area contributed by atoms with Crippen molar-refractivity contribution in [2.45, 2.75) is 25.1 Å². The Morgan fingerprint density at radius 1 is 1.24 bits per heavy atom. The highest BCUT2D eigenvalue weighted by Gasteiger charge is 2.16. The van der Waals surface area contributed by atoms with Gasteiger partial charge in [-0.2, -0.15) is 11.8 Å². The number of carbonyl (C=O) groups is 1. The summed E-state index contributed by atoms with van der Waals surface area (Å²) in [6.45, 7) is 5.81. The molecule has 0 radical (unpaired) electrons. The van der Waals surface area contributed by atoms with Crippen molar-refractivity contribution in [1.82, 2.24) is 15.5 Å². The second kappa shape index (κ2) is 10.2. The molecule has 2 N–H and O–H groups in total. The fraction of sp³-hybridized carbons (Fsp3) is 0.556. The molecule has 0 saturated heterocycles. The van der Waals surface area contributed by atoms with Gasteiger partial charge in [-0.3, -0.25) is 4.79 Å². The maximum absolute atomic E-state index is 11.8. The number of aliphatic imine (C=N–C) groups is 1. The Bertz CT molecular complexity index is 571. The van der Waals surface area contributed by atoms with Gasteiger partial charge >= 0.3 is 0 Å². The number of methoxy groups -OCH3 is 1. The van der Waals surface area contributed by atoms with Crippen molar-refractivity contribution in [3.8, 4) is 5.75 Å². The van der Waals surface area contributed by atoms with Gasteiger partial charge < -0.3 is 20.3 Å². The summed E-state index contributed by atoms with van der Waals surface area (Å²) in [4.78, 5) is 18.0. The predicted molar refractivity (Wildman–Crippen MR) is 106 cm³/mol. The summed E-state index contributed by atoms with van der Waals surface area (Å²) >= 11 is 1.78. The lowest BCUT2D eigenvalue weighted by atomic mass is 10.2. The number of benzene rings is 1.